The maximum atomic E-state index is 12.6. The molecule has 29 heavy (non-hydrogen) atoms. The summed E-state index contributed by atoms with van der Waals surface area (Å²) in [5.74, 6) is 0.628. The molecule has 4 nitrogen and oxygen atoms in total. The Morgan fingerprint density at radius 3 is 2.10 bits per heavy atom. The van der Waals surface area contributed by atoms with E-state index in [1.165, 1.54) is 40.3 Å². The number of amides is 1. The molecular formula is C25H27NO3. The SMILES string of the molecule is CC(=O)c1cccc(NC(=O)c2ccc(Cc3c(C)c(C)c(C)c(C)c3C)o2)c1. The Bertz CT molecular complexity index is 1080. The fourth-order valence-corrected chi connectivity index (χ4v) is 3.62. The standard InChI is InChI=1S/C25H27NO3/c1-14-15(2)17(4)23(18(5)16(14)3)13-22-10-11-24(29-22)25(28)26-21-9-7-8-20(12-21)19(6)27/h7-12H,13H2,1-6H3,(H,26,28). The summed E-state index contributed by atoms with van der Waals surface area (Å²) < 4.78 is 5.84. The smallest absolute Gasteiger partial charge is 0.291 e. The summed E-state index contributed by atoms with van der Waals surface area (Å²) in [4.78, 5) is 24.1. The Morgan fingerprint density at radius 2 is 1.48 bits per heavy atom. The van der Waals surface area contributed by atoms with E-state index < -0.39 is 0 Å². The van der Waals surface area contributed by atoms with E-state index in [4.69, 9.17) is 4.42 Å². The molecule has 0 aliphatic heterocycles. The molecule has 2 aromatic carbocycles. The summed E-state index contributed by atoms with van der Waals surface area (Å²) in [5, 5.41) is 2.79. The predicted molar refractivity (Wildman–Crippen MR) is 116 cm³/mol. The zero-order valence-corrected chi connectivity index (χ0v) is 17.9. The first-order valence-electron chi connectivity index (χ1n) is 9.76. The normalized spacial score (nSPS) is 10.8. The highest BCUT2D eigenvalue weighted by molar-refractivity contribution is 6.03. The largest absolute Gasteiger partial charge is 0.456 e. The van der Waals surface area contributed by atoms with E-state index in [1.54, 1.807) is 30.3 Å². The van der Waals surface area contributed by atoms with Crippen LogP contribution in [-0.2, 0) is 6.42 Å². The molecule has 0 aliphatic carbocycles. The van der Waals surface area contributed by atoms with Crippen LogP contribution in [0.4, 0.5) is 5.69 Å². The first kappa shape index (κ1) is 20.6. The molecule has 3 aromatic rings. The number of carbonyl (C=O) groups is 2. The van der Waals surface area contributed by atoms with E-state index in [0.717, 1.165) is 5.76 Å². The summed E-state index contributed by atoms with van der Waals surface area (Å²) in [6.45, 7) is 12.2. The molecule has 0 saturated heterocycles. The summed E-state index contributed by atoms with van der Waals surface area (Å²) in [5.41, 5.74) is 8.85. The van der Waals surface area contributed by atoms with Crippen LogP contribution in [-0.4, -0.2) is 11.7 Å². The molecule has 0 bridgehead atoms. The van der Waals surface area contributed by atoms with Crippen molar-refractivity contribution in [1.29, 1.82) is 0 Å². The average Bonchev–Trinajstić information content (AvgIpc) is 3.17. The number of rotatable bonds is 5. The molecule has 150 valence electrons. The summed E-state index contributed by atoms with van der Waals surface area (Å²) in [6, 6.07) is 10.4. The number of benzene rings is 2. The third-order valence-electron chi connectivity index (χ3n) is 5.92. The number of nitrogens with one attached hydrogen (secondary N) is 1. The van der Waals surface area contributed by atoms with Gasteiger partial charge >= 0.3 is 0 Å². The van der Waals surface area contributed by atoms with Crippen molar-refractivity contribution in [3.8, 4) is 0 Å². The van der Waals surface area contributed by atoms with Gasteiger partial charge in [-0.3, -0.25) is 9.59 Å². The van der Waals surface area contributed by atoms with Gasteiger partial charge in [0.05, 0.1) is 0 Å². The Labute approximate surface area is 171 Å². The van der Waals surface area contributed by atoms with Gasteiger partial charge in [0, 0.05) is 17.7 Å². The lowest BCUT2D eigenvalue weighted by atomic mass is 9.88. The number of hydrogen-bond acceptors (Lipinski definition) is 3. The lowest BCUT2D eigenvalue weighted by Gasteiger charge is -2.18. The monoisotopic (exact) mass is 389 g/mol. The van der Waals surface area contributed by atoms with Gasteiger partial charge in [-0.1, -0.05) is 12.1 Å². The van der Waals surface area contributed by atoms with E-state index in [1.807, 2.05) is 6.07 Å². The van der Waals surface area contributed by atoms with Crippen molar-refractivity contribution in [2.24, 2.45) is 0 Å². The number of ketones is 1. The lowest BCUT2D eigenvalue weighted by Crippen LogP contribution is -2.11. The zero-order valence-electron chi connectivity index (χ0n) is 17.9. The second-order valence-corrected chi connectivity index (χ2v) is 7.64. The second-order valence-electron chi connectivity index (χ2n) is 7.64. The van der Waals surface area contributed by atoms with E-state index in [0.29, 0.717) is 17.7 Å². The minimum atomic E-state index is -0.332. The zero-order chi connectivity index (χ0) is 21.3. The number of Topliss-reactive ketones (excluding diaryl/α,β-unsaturated/α-hetero) is 1. The minimum Gasteiger partial charge on any atom is -0.456 e. The van der Waals surface area contributed by atoms with Crippen LogP contribution in [0.25, 0.3) is 0 Å². The topological polar surface area (TPSA) is 59.3 Å². The molecule has 0 spiro atoms. The molecule has 0 fully saturated rings. The minimum absolute atomic E-state index is 0.0455. The van der Waals surface area contributed by atoms with Crippen LogP contribution in [0.1, 0.15) is 67.0 Å². The first-order chi connectivity index (χ1) is 13.7. The highest BCUT2D eigenvalue weighted by Crippen LogP contribution is 2.28. The van der Waals surface area contributed by atoms with Crippen LogP contribution < -0.4 is 5.32 Å². The van der Waals surface area contributed by atoms with Crippen molar-refractivity contribution in [2.75, 3.05) is 5.32 Å². The van der Waals surface area contributed by atoms with Gasteiger partial charge in [0.1, 0.15) is 5.76 Å². The van der Waals surface area contributed by atoms with Crippen molar-refractivity contribution in [3.63, 3.8) is 0 Å². The molecule has 1 amide bonds. The Balaban J connectivity index is 1.81. The molecule has 4 heteroatoms. The predicted octanol–water partition coefficient (Wildman–Crippen LogP) is 5.87. The Hall–Kier alpha value is -3.14. The Morgan fingerprint density at radius 1 is 0.862 bits per heavy atom. The van der Waals surface area contributed by atoms with Gasteiger partial charge in [-0.05, 0) is 99.2 Å². The van der Waals surface area contributed by atoms with E-state index in [9.17, 15) is 9.59 Å². The third-order valence-corrected chi connectivity index (χ3v) is 5.92. The van der Waals surface area contributed by atoms with Gasteiger partial charge in [0.2, 0.25) is 0 Å². The van der Waals surface area contributed by atoms with Crippen LogP contribution in [0, 0.1) is 34.6 Å². The second kappa shape index (κ2) is 8.08. The quantitative estimate of drug-likeness (QED) is 0.555. The van der Waals surface area contributed by atoms with Gasteiger partial charge in [-0.15, -0.1) is 0 Å². The van der Waals surface area contributed by atoms with Crippen LogP contribution in [0.2, 0.25) is 0 Å². The summed E-state index contributed by atoms with van der Waals surface area (Å²) in [7, 11) is 0. The van der Waals surface area contributed by atoms with Crippen LogP contribution in [0.15, 0.2) is 40.8 Å². The van der Waals surface area contributed by atoms with Crippen LogP contribution >= 0.6 is 0 Å². The van der Waals surface area contributed by atoms with Gasteiger partial charge in [-0.25, -0.2) is 0 Å². The molecular weight excluding hydrogens is 362 g/mol. The van der Waals surface area contributed by atoms with E-state index in [2.05, 4.69) is 39.9 Å². The number of anilines is 1. The lowest BCUT2D eigenvalue weighted by molar-refractivity contribution is 0.0990. The number of hydrogen-bond donors (Lipinski definition) is 1. The average molecular weight is 389 g/mol. The van der Waals surface area contributed by atoms with Gasteiger partial charge in [-0.2, -0.15) is 0 Å². The number of carbonyl (C=O) groups excluding carboxylic acids is 2. The highest BCUT2D eigenvalue weighted by Gasteiger charge is 2.16. The van der Waals surface area contributed by atoms with Gasteiger partial charge in [0.25, 0.3) is 5.91 Å². The van der Waals surface area contributed by atoms with Crippen LogP contribution in [0.3, 0.4) is 0 Å². The van der Waals surface area contributed by atoms with Gasteiger partial charge in [0.15, 0.2) is 11.5 Å². The fourth-order valence-electron chi connectivity index (χ4n) is 3.62. The molecule has 1 aromatic heterocycles. The third kappa shape index (κ3) is 4.16. The van der Waals surface area contributed by atoms with Crippen molar-refractivity contribution >= 4 is 17.4 Å². The van der Waals surface area contributed by atoms with Crippen molar-refractivity contribution < 1.29 is 14.0 Å². The molecule has 1 N–H and O–H groups in total. The first-order valence-corrected chi connectivity index (χ1v) is 9.76. The molecule has 0 atom stereocenters. The number of furan rings is 1. The molecule has 0 radical (unpaired) electrons. The van der Waals surface area contributed by atoms with Crippen LogP contribution in [0.5, 0.6) is 0 Å². The Kier molecular flexibility index (Phi) is 5.73. The fraction of sp³-hybridized carbons (Fsp3) is 0.280. The van der Waals surface area contributed by atoms with Crippen molar-refractivity contribution in [3.05, 3.63) is 86.9 Å². The van der Waals surface area contributed by atoms with Crippen molar-refractivity contribution in [2.45, 2.75) is 48.0 Å². The summed E-state index contributed by atoms with van der Waals surface area (Å²) >= 11 is 0. The molecule has 0 aliphatic rings. The molecule has 1 heterocycles. The maximum absolute atomic E-state index is 12.6. The van der Waals surface area contributed by atoms with E-state index >= 15 is 0 Å². The molecule has 0 unspecified atom stereocenters. The maximum Gasteiger partial charge on any atom is 0.291 e. The molecule has 0 saturated carbocycles. The van der Waals surface area contributed by atoms with E-state index in [-0.39, 0.29) is 17.5 Å². The van der Waals surface area contributed by atoms with Crippen molar-refractivity contribution in [1.82, 2.24) is 0 Å². The van der Waals surface area contributed by atoms with Gasteiger partial charge < -0.3 is 9.73 Å². The highest BCUT2D eigenvalue weighted by atomic mass is 16.3. The summed E-state index contributed by atoms with van der Waals surface area (Å²) in [6.07, 6.45) is 0.646. The molecule has 3 rings (SSSR count).